The van der Waals surface area contributed by atoms with Gasteiger partial charge in [0.2, 0.25) is 5.91 Å². The van der Waals surface area contributed by atoms with E-state index < -0.39 is 0 Å². The first kappa shape index (κ1) is 18.0. The van der Waals surface area contributed by atoms with Gasteiger partial charge in [-0.05, 0) is 25.5 Å². The molecule has 1 aliphatic heterocycles. The zero-order valence-corrected chi connectivity index (χ0v) is 13.4. The normalized spacial score (nSPS) is 15.6. The van der Waals surface area contributed by atoms with Crippen LogP contribution in [-0.4, -0.2) is 43.6 Å². The second-order valence-corrected chi connectivity index (χ2v) is 5.23. The van der Waals surface area contributed by atoms with Crippen molar-refractivity contribution in [1.82, 2.24) is 10.2 Å². The molecule has 0 aromatic heterocycles. The molecule has 21 heavy (non-hydrogen) atoms. The number of nitrogens with one attached hydrogen (secondary N) is 1. The van der Waals surface area contributed by atoms with E-state index in [0.717, 1.165) is 32.5 Å². The average Bonchev–Trinajstić information content (AvgIpc) is 2.52. The number of carbonyl (C=O) groups excluding carboxylic acids is 1. The summed E-state index contributed by atoms with van der Waals surface area (Å²) < 4.78 is 5.93. The van der Waals surface area contributed by atoms with Crippen LogP contribution < -0.4 is 5.32 Å². The van der Waals surface area contributed by atoms with Crippen LogP contribution in [0.3, 0.4) is 0 Å². The lowest BCUT2D eigenvalue weighted by Crippen LogP contribution is -2.41. The Morgan fingerprint density at radius 1 is 1.29 bits per heavy atom. The van der Waals surface area contributed by atoms with Crippen LogP contribution in [0.1, 0.15) is 24.8 Å². The predicted molar refractivity (Wildman–Crippen MR) is 86.6 cm³/mol. The highest BCUT2D eigenvalue weighted by Crippen LogP contribution is 2.16. The highest BCUT2D eigenvalue weighted by atomic mass is 35.5. The van der Waals surface area contributed by atoms with E-state index in [2.05, 4.69) is 17.4 Å². The Kier molecular flexibility index (Phi) is 8.35. The molecule has 1 N–H and O–H groups in total. The fourth-order valence-electron chi connectivity index (χ4n) is 2.45. The van der Waals surface area contributed by atoms with E-state index in [-0.39, 0.29) is 24.4 Å². The quantitative estimate of drug-likeness (QED) is 0.876. The Morgan fingerprint density at radius 3 is 2.57 bits per heavy atom. The van der Waals surface area contributed by atoms with Crippen molar-refractivity contribution in [2.24, 2.45) is 0 Å². The zero-order chi connectivity index (χ0) is 14.2. The number of carbonyl (C=O) groups is 1. The van der Waals surface area contributed by atoms with Crippen molar-refractivity contribution < 1.29 is 9.53 Å². The Morgan fingerprint density at radius 2 is 1.95 bits per heavy atom. The topological polar surface area (TPSA) is 41.6 Å². The molecular weight excluding hydrogens is 288 g/mol. The second kappa shape index (κ2) is 9.77. The smallest absolute Gasteiger partial charge is 0.223 e. The van der Waals surface area contributed by atoms with Crippen LogP contribution in [0.2, 0.25) is 0 Å². The number of rotatable bonds is 6. The maximum atomic E-state index is 11.9. The molecule has 1 amide bonds. The molecule has 0 radical (unpaired) electrons. The van der Waals surface area contributed by atoms with Gasteiger partial charge in [-0.1, -0.05) is 30.3 Å². The van der Waals surface area contributed by atoms with Crippen LogP contribution in [0.4, 0.5) is 0 Å². The molecule has 1 heterocycles. The molecule has 1 fully saturated rings. The van der Waals surface area contributed by atoms with Gasteiger partial charge in [0.25, 0.3) is 0 Å². The van der Waals surface area contributed by atoms with Crippen LogP contribution in [0.5, 0.6) is 0 Å². The fraction of sp³-hybridized carbons (Fsp3) is 0.562. The Bertz CT molecular complexity index is 406. The molecule has 2 rings (SSSR count). The number of nitrogens with zero attached hydrogens (tertiary/aromatic N) is 1. The molecule has 0 bridgehead atoms. The molecule has 0 aliphatic carbocycles. The Hall–Kier alpha value is -1.10. The third kappa shape index (κ3) is 6.04. The van der Waals surface area contributed by atoms with Gasteiger partial charge in [-0.2, -0.15) is 0 Å². The van der Waals surface area contributed by atoms with Gasteiger partial charge in [-0.15, -0.1) is 12.4 Å². The number of amides is 1. The number of piperidine rings is 1. The summed E-state index contributed by atoms with van der Waals surface area (Å²) in [7, 11) is 1.87. The van der Waals surface area contributed by atoms with Gasteiger partial charge in [-0.25, -0.2) is 0 Å². The summed E-state index contributed by atoms with van der Waals surface area (Å²) in [6, 6.07) is 10.2. The van der Waals surface area contributed by atoms with E-state index in [4.69, 9.17) is 4.74 Å². The number of hydrogen-bond acceptors (Lipinski definition) is 3. The van der Waals surface area contributed by atoms with Crippen molar-refractivity contribution >= 4 is 18.3 Å². The molecule has 1 aromatic rings. The zero-order valence-electron chi connectivity index (χ0n) is 12.6. The van der Waals surface area contributed by atoms with E-state index in [9.17, 15) is 4.79 Å². The molecule has 0 spiro atoms. The summed E-state index contributed by atoms with van der Waals surface area (Å²) in [5.74, 6) is 0.251. The molecule has 118 valence electrons. The number of halogens is 1. The Labute approximate surface area is 133 Å². The minimum absolute atomic E-state index is 0. The van der Waals surface area contributed by atoms with Gasteiger partial charge in [0.05, 0.1) is 12.7 Å². The molecule has 0 unspecified atom stereocenters. The lowest BCUT2D eigenvalue weighted by atomic mass is 10.1. The van der Waals surface area contributed by atoms with Crippen LogP contribution >= 0.6 is 12.4 Å². The van der Waals surface area contributed by atoms with Crippen molar-refractivity contribution in [1.29, 1.82) is 0 Å². The van der Waals surface area contributed by atoms with Crippen molar-refractivity contribution in [2.75, 3.05) is 26.7 Å². The molecule has 1 aliphatic rings. The number of ether oxygens (including phenoxy) is 1. The van der Waals surface area contributed by atoms with Gasteiger partial charge in [0.15, 0.2) is 0 Å². The SMILES string of the molecule is CNCCC(=O)N1CCC(OCc2ccccc2)CC1.Cl. The first-order valence-corrected chi connectivity index (χ1v) is 7.37. The van der Waals surface area contributed by atoms with Crippen molar-refractivity contribution in [2.45, 2.75) is 32.0 Å². The van der Waals surface area contributed by atoms with Gasteiger partial charge in [0.1, 0.15) is 0 Å². The monoisotopic (exact) mass is 312 g/mol. The molecule has 1 aromatic carbocycles. The van der Waals surface area contributed by atoms with Gasteiger partial charge >= 0.3 is 0 Å². The van der Waals surface area contributed by atoms with Crippen LogP contribution in [0, 0.1) is 0 Å². The molecule has 1 saturated heterocycles. The average molecular weight is 313 g/mol. The first-order chi connectivity index (χ1) is 9.79. The largest absolute Gasteiger partial charge is 0.373 e. The molecule has 5 heteroatoms. The highest BCUT2D eigenvalue weighted by molar-refractivity contribution is 5.85. The van der Waals surface area contributed by atoms with Gasteiger partial charge < -0.3 is 15.0 Å². The molecule has 0 atom stereocenters. The maximum Gasteiger partial charge on any atom is 0.223 e. The summed E-state index contributed by atoms with van der Waals surface area (Å²) in [5, 5.41) is 3.01. The van der Waals surface area contributed by atoms with Gasteiger partial charge in [0, 0.05) is 26.1 Å². The van der Waals surface area contributed by atoms with E-state index in [0.29, 0.717) is 13.0 Å². The van der Waals surface area contributed by atoms with Crippen LogP contribution in [0.15, 0.2) is 30.3 Å². The molecule has 4 nitrogen and oxygen atoms in total. The Balaban J connectivity index is 0.00000220. The summed E-state index contributed by atoms with van der Waals surface area (Å²) in [5.41, 5.74) is 1.21. The number of likely N-dealkylation sites (tertiary alicyclic amines) is 1. The third-order valence-corrected chi connectivity index (χ3v) is 3.71. The third-order valence-electron chi connectivity index (χ3n) is 3.71. The van der Waals surface area contributed by atoms with Crippen LogP contribution in [-0.2, 0) is 16.1 Å². The molecule has 0 saturated carbocycles. The minimum atomic E-state index is 0. The summed E-state index contributed by atoms with van der Waals surface area (Å²) in [6.45, 7) is 3.06. The highest BCUT2D eigenvalue weighted by Gasteiger charge is 2.22. The lowest BCUT2D eigenvalue weighted by Gasteiger charge is -2.32. The fourth-order valence-corrected chi connectivity index (χ4v) is 2.45. The standard InChI is InChI=1S/C16H24N2O2.ClH/c1-17-10-7-16(19)18-11-8-15(9-12-18)20-13-14-5-3-2-4-6-14;/h2-6,15,17H,7-13H2,1H3;1H. The maximum absolute atomic E-state index is 11.9. The summed E-state index contributed by atoms with van der Waals surface area (Å²) in [6.07, 6.45) is 2.76. The lowest BCUT2D eigenvalue weighted by molar-refractivity contribution is -0.133. The van der Waals surface area contributed by atoms with E-state index in [1.165, 1.54) is 5.56 Å². The van der Waals surface area contributed by atoms with E-state index in [1.54, 1.807) is 0 Å². The second-order valence-electron chi connectivity index (χ2n) is 5.23. The van der Waals surface area contributed by atoms with Crippen molar-refractivity contribution in [3.8, 4) is 0 Å². The number of benzene rings is 1. The van der Waals surface area contributed by atoms with E-state index >= 15 is 0 Å². The summed E-state index contributed by atoms with van der Waals surface area (Å²) >= 11 is 0. The number of hydrogen-bond donors (Lipinski definition) is 1. The van der Waals surface area contributed by atoms with Crippen LogP contribution in [0.25, 0.3) is 0 Å². The van der Waals surface area contributed by atoms with Crippen molar-refractivity contribution in [3.63, 3.8) is 0 Å². The minimum Gasteiger partial charge on any atom is -0.373 e. The van der Waals surface area contributed by atoms with Crippen molar-refractivity contribution in [3.05, 3.63) is 35.9 Å². The predicted octanol–water partition coefficient (Wildman–Crippen LogP) is 2.23. The summed E-state index contributed by atoms with van der Waals surface area (Å²) in [4.78, 5) is 13.8. The van der Waals surface area contributed by atoms with Gasteiger partial charge in [-0.3, -0.25) is 4.79 Å². The van der Waals surface area contributed by atoms with E-state index in [1.807, 2.05) is 30.1 Å². The first-order valence-electron chi connectivity index (χ1n) is 7.37. The molecular formula is C16H25ClN2O2.